The molecule has 0 amide bonds. The Morgan fingerprint density at radius 1 is 1.08 bits per heavy atom. The van der Waals surface area contributed by atoms with Gasteiger partial charge in [0.1, 0.15) is 22.0 Å². The predicted molar refractivity (Wildman–Crippen MR) is 148 cm³/mol. The first kappa shape index (κ1) is 26.1. The molecule has 0 saturated carbocycles. The normalized spacial score (nSPS) is 11.6. The van der Waals surface area contributed by atoms with Crippen LogP contribution in [0.3, 0.4) is 0 Å². The highest BCUT2D eigenvalue weighted by atomic mass is 32.2. The minimum Gasteiger partial charge on any atom is -0.497 e. The second kappa shape index (κ2) is 10.6. The predicted octanol–water partition coefficient (Wildman–Crippen LogP) is 6.08. The quantitative estimate of drug-likeness (QED) is 0.152. The van der Waals surface area contributed by atoms with Crippen LogP contribution in [0.25, 0.3) is 21.7 Å². The van der Waals surface area contributed by atoms with Gasteiger partial charge < -0.3 is 9.47 Å². The van der Waals surface area contributed by atoms with Crippen LogP contribution >= 0.6 is 35.3 Å². The van der Waals surface area contributed by atoms with Crippen LogP contribution in [0.1, 0.15) is 27.7 Å². The molecule has 4 rings (SSSR count). The lowest BCUT2D eigenvalue weighted by Crippen LogP contribution is -2.24. The van der Waals surface area contributed by atoms with Gasteiger partial charge in [0.15, 0.2) is 14.8 Å². The number of aromatic nitrogens is 3. The Bertz CT molecular complexity index is 1530. The zero-order chi connectivity index (χ0) is 26.0. The Morgan fingerprint density at radius 2 is 1.81 bits per heavy atom. The van der Waals surface area contributed by atoms with Gasteiger partial charge in [-0.25, -0.2) is 4.98 Å². The number of ketones is 1. The van der Waals surface area contributed by atoms with E-state index in [4.69, 9.17) is 26.7 Å². The van der Waals surface area contributed by atoms with E-state index in [0.717, 1.165) is 5.69 Å². The second-order valence-corrected chi connectivity index (χ2v) is 11.6. The molecule has 0 fully saturated rings. The highest BCUT2D eigenvalue weighted by molar-refractivity contribution is 7.99. The number of thioether (sulfide) groups is 1. The van der Waals surface area contributed by atoms with Gasteiger partial charge in [-0.05, 0) is 55.5 Å². The summed E-state index contributed by atoms with van der Waals surface area (Å²) in [7, 11) is 1.60. The fourth-order valence-electron chi connectivity index (χ4n) is 3.44. The highest BCUT2D eigenvalue weighted by Gasteiger charge is 2.24. The zero-order valence-corrected chi connectivity index (χ0v) is 23.2. The molecule has 0 spiro atoms. The van der Waals surface area contributed by atoms with Crippen LogP contribution in [0.2, 0.25) is 0 Å². The number of Topliss-reactive ketones (excluding diaryl/α,β-unsaturated/α-hetero) is 1. The van der Waals surface area contributed by atoms with Crippen molar-refractivity contribution in [2.45, 2.75) is 32.9 Å². The average molecular weight is 542 g/mol. The first-order chi connectivity index (χ1) is 17.1. The largest absolute Gasteiger partial charge is 0.497 e. The molecular weight excluding hydrogens is 515 g/mol. The summed E-state index contributed by atoms with van der Waals surface area (Å²) in [6, 6.07) is 14.7. The summed E-state index contributed by atoms with van der Waals surface area (Å²) < 4.78 is 15.2. The summed E-state index contributed by atoms with van der Waals surface area (Å²) in [5, 5.41) is 0.415. The number of fused-ring (bicyclic) bond motifs is 1. The molecule has 0 atom stereocenters. The lowest BCUT2D eigenvalue weighted by Gasteiger charge is -2.17. The van der Waals surface area contributed by atoms with E-state index < -0.39 is 5.41 Å². The van der Waals surface area contributed by atoms with Crippen LogP contribution in [0.5, 0.6) is 11.5 Å². The lowest BCUT2D eigenvalue weighted by molar-refractivity contribution is -0.123. The van der Waals surface area contributed by atoms with Crippen molar-refractivity contribution in [1.29, 1.82) is 0 Å². The third-order valence-corrected chi connectivity index (χ3v) is 7.75. The van der Waals surface area contributed by atoms with E-state index in [-0.39, 0.29) is 17.1 Å². The minimum atomic E-state index is -0.502. The number of carbonyl (C=O) groups is 1. The molecule has 188 valence electrons. The fourth-order valence-corrected chi connectivity index (χ4v) is 5.91. The molecule has 0 aliphatic carbocycles. The number of carbonyl (C=O) groups excluding carboxylic acids is 1. The number of thiazole rings is 1. The van der Waals surface area contributed by atoms with Crippen LogP contribution in [-0.2, 0) is 4.79 Å². The molecular formula is C26H27N3O4S3. The first-order valence-corrected chi connectivity index (χ1v) is 13.6. The maximum Gasteiger partial charge on any atom is 0.278 e. The third-order valence-electron chi connectivity index (χ3n) is 5.46. The number of ether oxygens (including phenoxy) is 2. The molecule has 0 bridgehead atoms. The molecule has 10 heteroatoms. The SMILES string of the molecule is CCOc1ccc(-n2c(SCC(=O)C(C)(C)C)nc3c(sc(=S)n3-c3cccc(OC)c3)c2=O)cc1. The smallest absolute Gasteiger partial charge is 0.278 e. The van der Waals surface area contributed by atoms with Crippen LogP contribution in [0.4, 0.5) is 0 Å². The topological polar surface area (TPSA) is 75.3 Å². The molecule has 0 aliphatic heterocycles. The average Bonchev–Trinajstić information content (AvgIpc) is 3.19. The summed E-state index contributed by atoms with van der Waals surface area (Å²) in [5.74, 6) is 1.62. The van der Waals surface area contributed by atoms with Gasteiger partial charge in [-0.2, -0.15) is 0 Å². The van der Waals surface area contributed by atoms with Gasteiger partial charge in [0.05, 0.1) is 30.8 Å². The Kier molecular flexibility index (Phi) is 7.67. The maximum atomic E-state index is 13.8. The van der Waals surface area contributed by atoms with Gasteiger partial charge in [0.25, 0.3) is 5.56 Å². The van der Waals surface area contributed by atoms with E-state index in [2.05, 4.69) is 0 Å². The number of hydrogen-bond donors (Lipinski definition) is 0. The van der Waals surface area contributed by atoms with Gasteiger partial charge in [0.2, 0.25) is 0 Å². The van der Waals surface area contributed by atoms with Gasteiger partial charge in [-0.1, -0.05) is 49.9 Å². The number of benzene rings is 2. The summed E-state index contributed by atoms with van der Waals surface area (Å²) in [6.07, 6.45) is 0. The van der Waals surface area contributed by atoms with Crippen molar-refractivity contribution in [1.82, 2.24) is 14.1 Å². The molecule has 0 radical (unpaired) electrons. The molecule has 36 heavy (non-hydrogen) atoms. The molecule has 0 aliphatic rings. The Labute approximate surface area is 222 Å². The number of hydrogen-bond acceptors (Lipinski definition) is 8. The van der Waals surface area contributed by atoms with Gasteiger partial charge in [-0.3, -0.25) is 18.7 Å². The van der Waals surface area contributed by atoms with Crippen molar-refractivity contribution in [2.75, 3.05) is 19.5 Å². The van der Waals surface area contributed by atoms with E-state index in [0.29, 0.717) is 43.3 Å². The molecule has 2 aromatic heterocycles. The molecule has 0 N–H and O–H groups in total. The van der Waals surface area contributed by atoms with E-state index >= 15 is 0 Å². The van der Waals surface area contributed by atoms with Crippen molar-refractivity contribution in [3.05, 3.63) is 62.8 Å². The van der Waals surface area contributed by atoms with Crippen molar-refractivity contribution < 1.29 is 14.3 Å². The standard InChI is InChI=1S/C26H27N3O4S3/c1-6-33-18-12-10-16(11-13-18)29-23(31)21-22(27-24(29)35-15-20(30)26(2,3)4)28(25(34)36-21)17-8-7-9-19(14-17)32-5/h7-14H,6,15H2,1-5H3. The first-order valence-electron chi connectivity index (χ1n) is 11.4. The lowest BCUT2D eigenvalue weighted by atomic mass is 9.92. The molecule has 2 heterocycles. The van der Waals surface area contributed by atoms with Crippen LogP contribution in [0.15, 0.2) is 58.5 Å². The van der Waals surface area contributed by atoms with E-state index in [1.165, 1.54) is 23.1 Å². The van der Waals surface area contributed by atoms with E-state index in [1.807, 2.05) is 76.2 Å². The van der Waals surface area contributed by atoms with Crippen LogP contribution in [0, 0.1) is 9.37 Å². The second-order valence-electron chi connectivity index (χ2n) is 8.98. The van der Waals surface area contributed by atoms with Crippen molar-refractivity contribution in [3.63, 3.8) is 0 Å². The molecule has 7 nitrogen and oxygen atoms in total. The summed E-state index contributed by atoms with van der Waals surface area (Å²) in [5.41, 5.74) is 1.09. The Hall–Kier alpha value is -2.95. The highest BCUT2D eigenvalue weighted by Crippen LogP contribution is 2.30. The van der Waals surface area contributed by atoms with Crippen LogP contribution in [-0.4, -0.2) is 39.4 Å². The van der Waals surface area contributed by atoms with Gasteiger partial charge in [-0.15, -0.1) is 0 Å². The van der Waals surface area contributed by atoms with Gasteiger partial charge in [0, 0.05) is 11.5 Å². The fraction of sp³-hybridized carbons (Fsp3) is 0.308. The van der Waals surface area contributed by atoms with Gasteiger partial charge >= 0.3 is 0 Å². The molecule has 4 aromatic rings. The Balaban J connectivity index is 1.93. The van der Waals surface area contributed by atoms with Crippen molar-refractivity contribution >= 4 is 51.4 Å². The third kappa shape index (κ3) is 5.25. The molecule has 0 saturated heterocycles. The van der Waals surface area contributed by atoms with Crippen LogP contribution < -0.4 is 15.0 Å². The van der Waals surface area contributed by atoms with E-state index in [9.17, 15) is 9.59 Å². The van der Waals surface area contributed by atoms with Crippen molar-refractivity contribution in [2.24, 2.45) is 5.41 Å². The summed E-state index contributed by atoms with van der Waals surface area (Å²) in [6.45, 7) is 8.10. The molecule has 0 unspecified atom stereocenters. The minimum absolute atomic E-state index is 0.0649. The van der Waals surface area contributed by atoms with Crippen molar-refractivity contribution in [3.8, 4) is 22.9 Å². The number of methoxy groups -OCH3 is 1. The Morgan fingerprint density at radius 3 is 2.44 bits per heavy atom. The monoisotopic (exact) mass is 541 g/mol. The molecule has 2 aromatic carbocycles. The summed E-state index contributed by atoms with van der Waals surface area (Å²) in [4.78, 5) is 31.5. The zero-order valence-electron chi connectivity index (χ0n) is 20.7. The summed E-state index contributed by atoms with van der Waals surface area (Å²) >= 11 is 8.11. The number of rotatable bonds is 8. The van der Waals surface area contributed by atoms with E-state index in [1.54, 1.807) is 16.2 Å². The maximum absolute atomic E-state index is 13.8. The number of nitrogens with zero attached hydrogens (tertiary/aromatic N) is 3.